The van der Waals surface area contributed by atoms with Crippen molar-refractivity contribution in [3.63, 3.8) is 0 Å². The van der Waals surface area contributed by atoms with E-state index in [0.29, 0.717) is 12.0 Å². The van der Waals surface area contributed by atoms with Crippen LogP contribution in [0.2, 0.25) is 0 Å². The zero-order valence-electron chi connectivity index (χ0n) is 15.9. The van der Waals surface area contributed by atoms with E-state index in [1.807, 2.05) is 18.3 Å². The maximum Gasteiger partial charge on any atom is 0.229 e. The van der Waals surface area contributed by atoms with Crippen LogP contribution in [-0.2, 0) is 6.54 Å². The number of aryl methyl sites for hydroxylation is 2. The monoisotopic (exact) mass is 346 g/mol. The molecule has 0 fully saturated rings. The number of rotatable bonds is 6. The minimum atomic E-state index is 0.332. The van der Waals surface area contributed by atoms with Gasteiger partial charge in [0, 0.05) is 24.5 Å². The smallest absolute Gasteiger partial charge is 0.229 e. The van der Waals surface area contributed by atoms with Crippen molar-refractivity contribution in [3.05, 3.63) is 77.5 Å². The molecule has 0 atom stereocenters. The topological polar surface area (TPSA) is 41.1 Å². The van der Waals surface area contributed by atoms with Crippen LogP contribution in [0.4, 0.5) is 17.5 Å². The van der Waals surface area contributed by atoms with Crippen LogP contribution in [0.15, 0.2) is 60.8 Å². The molecule has 1 aromatic heterocycles. The molecule has 0 saturated carbocycles. The van der Waals surface area contributed by atoms with E-state index in [1.54, 1.807) is 0 Å². The quantitative estimate of drug-likeness (QED) is 0.661. The van der Waals surface area contributed by atoms with E-state index >= 15 is 0 Å². The van der Waals surface area contributed by atoms with Gasteiger partial charge in [-0.1, -0.05) is 48.5 Å². The Morgan fingerprint density at radius 3 is 2.27 bits per heavy atom. The van der Waals surface area contributed by atoms with Gasteiger partial charge in [0.15, 0.2) is 0 Å². The lowest BCUT2D eigenvalue weighted by Crippen LogP contribution is -2.31. The summed E-state index contributed by atoms with van der Waals surface area (Å²) in [6, 6.07) is 19.0. The molecule has 0 radical (unpaired) electrons. The number of nitrogens with one attached hydrogen (secondary N) is 1. The summed E-state index contributed by atoms with van der Waals surface area (Å²) in [7, 11) is 0. The maximum atomic E-state index is 4.77. The molecule has 0 amide bonds. The number of para-hydroxylation sites is 1. The van der Waals surface area contributed by atoms with Gasteiger partial charge in [-0.05, 0) is 50.5 Å². The molecule has 0 bridgehead atoms. The molecule has 4 heteroatoms. The first-order chi connectivity index (χ1) is 12.5. The molecule has 0 unspecified atom stereocenters. The fourth-order valence-corrected chi connectivity index (χ4v) is 3.00. The number of hydrogen-bond donors (Lipinski definition) is 1. The van der Waals surface area contributed by atoms with Crippen LogP contribution in [0.5, 0.6) is 0 Å². The summed E-state index contributed by atoms with van der Waals surface area (Å²) in [5, 5.41) is 3.39. The van der Waals surface area contributed by atoms with Gasteiger partial charge in [0.1, 0.15) is 5.82 Å². The second-order valence-corrected chi connectivity index (χ2v) is 6.84. The van der Waals surface area contributed by atoms with Gasteiger partial charge in [-0.2, -0.15) is 4.98 Å². The number of anilines is 3. The third kappa shape index (κ3) is 4.20. The highest BCUT2D eigenvalue weighted by molar-refractivity contribution is 5.63. The van der Waals surface area contributed by atoms with Gasteiger partial charge in [0.25, 0.3) is 0 Å². The highest BCUT2D eigenvalue weighted by atomic mass is 15.2. The van der Waals surface area contributed by atoms with Crippen molar-refractivity contribution < 1.29 is 0 Å². The number of nitrogens with zero attached hydrogens (tertiary/aromatic N) is 3. The fourth-order valence-electron chi connectivity index (χ4n) is 3.00. The zero-order chi connectivity index (χ0) is 18.5. The van der Waals surface area contributed by atoms with E-state index < -0.39 is 0 Å². The van der Waals surface area contributed by atoms with Gasteiger partial charge >= 0.3 is 0 Å². The van der Waals surface area contributed by atoms with Crippen LogP contribution in [0, 0.1) is 13.8 Å². The molecule has 3 aromatic rings. The lowest BCUT2D eigenvalue weighted by molar-refractivity contribution is 0.672. The molecule has 0 aliphatic carbocycles. The lowest BCUT2D eigenvalue weighted by Gasteiger charge is -2.28. The Bertz CT molecular complexity index is 839. The van der Waals surface area contributed by atoms with Crippen LogP contribution < -0.4 is 10.2 Å². The van der Waals surface area contributed by atoms with Crippen molar-refractivity contribution in [1.82, 2.24) is 9.97 Å². The molecule has 4 nitrogen and oxygen atoms in total. The van der Waals surface area contributed by atoms with Gasteiger partial charge in [-0.3, -0.25) is 0 Å². The molecule has 2 aromatic carbocycles. The predicted molar refractivity (Wildman–Crippen MR) is 109 cm³/mol. The van der Waals surface area contributed by atoms with Crippen LogP contribution >= 0.6 is 0 Å². The molecular formula is C22H26N4. The molecule has 134 valence electrons. The minimum absolute atomic E-state index is 0.332. The average molecular weight is 346 g/mol. The predicted octanol–water partition coefficient (Wildman–Crippen LogP) is 5.25. The average Bonchev–Trinajstić information content (AvgIpc) is 2.64. The third-order valence-corrected chi connectivity index (χ3v) is 4.47. The van der Waals surface area contributed by atoms with Crippen LogP contribution in [0.25, 0.3) is 0 Å². The van der Waals surface area contributed by atoms with Crippen LogP contribution in [0.1, 0.15) is 30.5 Å². The van der Waals surface area contributed by atoms with E-state index in [9.17, 15) is 0 Å². The standard InChI is InChI=1S/C22H26N4/c1-16(2)26(15-19-11-6-5-7-12-19)20-13-14-23-22(24-20)25-21-17(3)9-8-10-18(21)4/h5-14,16H,15H2,1-4H3,(H,23,24,25). The van der Waals surface area contributed by atoms with E-state index in [4.69, 9.17) is 4.98 Å². The Morgan fingerprint density at radius 1 is 0.923 bits per heavy atom. The van der Waals surface area contributed by atoms with Crippen LogP contribution in [-0.4, -0.2) is 16.0 Å². The molecule has 0 aliphatic rings. The Morgan fingerprint density at radius 2 is 1.62 bits per heavy atom. The van der Waals surface area contributed by atoms with Crippen molar-refractivity contribution in [1.29, 1.82) is 0 Å². The fraction of sp³-hybridized carbons (Fsp3) is 0.273. The summed E-state index contributed by atoms with van der Waals surface area (Å²) in [4.78, 5) is 11.5. The Kier molecular flexibility index (Phi) is 5.52. The number of hydrogen-bond acceptors (Lipinski definition) is 4. The van der Waals surface area contributed by atoms with Gasteiger partial charge in [0.05, 0.1) is 0 Å². The molecule has 1 heterocycles. The molecular weight excluding hydrogens is 320 g/mol. The molecule has 1 N–H and O–H groups in total. The lowest BCUT2D eigenvalue weighted by atomic mass is 10.1. The zero-order valence-corrected chi connectivity index (χ0v) is 15.9. The summed E-state index contributed by atoms with van der Waals surface area (Å²) in [6.45, 7) is 9.37. The largest absolute Gasteiger partial charge is 0.350 e. The second-order valence-electron chi connectivity index (χ2n) is 6.84. The molecule has 0 aliphatic heterocycles. The minimum Gasteiger partial charge on any atom is -0.350 e. The van der Waals surface area contributed by atoms with Crippen molar-refractivity contribution in [2.45, 2.75) is 40.3 Å². The first-order valence-corrected chi connectivity index (χ1v) is 9.01. The molecule has 0 saturated heterocycles. The number of benzene rings is 2. The first-order valence-electron chi connectivity index (χ1n) is 9.01. The van der Waals surface area contributed by atoms with Crippen LogP contribution in [0.3, 0.4) is 0 Å². The summed E-state index contributed by atoms with van der Waals surface area (Å²) >= 11 is 0. The van der Waals surface area contributed by atoms with Crippen molar-refractivity contribution in [3.8, 4) is 0 Å². The van der Waals surface area contributed by atoms with Gasteiger partial charge < -0.3 is 10.2 Å². The molecule has 3 rings (SSSR count). The summed E-state index contributed by atoms with van der Waals surface area (Å²) < 4.78 is 0. The summed E-state index contributed by atoms with van der Waals surface area (Å²) in [6.07, 6.45) is 1.82. The van der Waals surface area contributed by atoms with Crippen molar-refractivity contribution >= 4 is 17.5 Å². The SMILES string of the molecule is Cc1cccc(C)c1Nc1nccc(N(Cc2ccccc2)C(C)C)n1. The van der Waals surface area contributed by atoms with E-state index in [0.717, 1.165) is 18.1 Å². The van der Waals surface area contributed by atoms with Gasteiger partial charge in [-0.25, -0.2) is 4.98 Å². The van der Waals surface area contributed by atoms with E-state index in [2.05, 4.69) is 85.4 Å². The maximum absolute atomic E-state index is 4.77. The third-order valence-electron chi connectivity index (χ3n) is 4.47. The second kappa shape index (κ2) is 8.00. The molecule has 26 heavy (non-hydrogen) atoms. The van der Waals surface area contributed by atoms with E-state index in [-0.39, 0.29) is 0 Å². The van der Waals surface area contributed by atoms with Gasteiger partial charge in [-0.15, -0.1) is 0 Å². The Labute approximate surface area is 155 Å². The normalized spacial score (nSPS) is 10.8. The molecule has 0 spiro atoms. The summed E-state index contributed by atoms with van der Waals surface area (Å²) in [5.41, 5.74) is 4.71. The van der Waals surface area contributed by atoms with E-state index in [1.165, 1.54) is 16.7 Å². The first kappa shape index (κ1) is 17.9. The Hall–Kier alpha value is -2.88. The highest BCUT2D eigenvalue weighted by Crippen LogP contribution is 2.24. The number of aromatic nitrogens is 2. The highest BCUT2D eigenvalue weighted by Gasteiger charge is 2.14. The summed E-state index contributed by atoms with van der Waals surface area (Å²) in [5.74, 6) is 1.55. The van der Waals surface area contributed by atoms with Gasteiger partial charge in [0.2, 0.25) is 5.95 Å². The Balaban J connectivity index is 1.87. The van der Waals surface area contributed by atoms with Crippen molar-refractivity contribution in [2.75, 3.05) is 10.2 Å². The van der Waals surface area contributed by atoms with Crippen molar-refractivity contribution in [2.24, 2.45) is 0 Å².